The van der Waals surface area contributed by atoms with Crippen LogP contribution in [0.2, 0.25) is 0 Å². The van der Waals surface area contributed by atoms with Crippen LogP contribution >= 0.6 is 0 Å². The van der Waals surface area contributed by atoms with Crippen molar-refractivity contribution in [3.8, 4) is 0 Å². The number of aliphatic hydroxyl groups is 1. The summed E-state index contributed by atoms with van der Waals surface area (Å²) in [7, 11) is 0. The molecule has 1 aromatic rings. The summed E-state index contributed by atoms with van der Waals surface area (Å²) in [6.07, 6.45) is 0.000733. The molecule has 1 aliphatic heterocycles. The molecule has 0 saturated carbocycles. The number of hydrogen-bond acceptors (Lipinski definition) is 3. The van der Waals surface area contributed by atoms with Crippen molar-refractivity contribution < 1.29 is 14.6 Å². The van der Waals surface area contributed by atoms with Gasteiger partial charge in [0.25, 0.3) is 0 Å². The van der Waals surface area contributed by atoms with Crippen LogP contribution in [0.5, 0.6) is 0 Å². The Bertz CT molecular complexity index is 321. The minimum absolute atomic E-state index is 0.167. The van der Waals surface area contributed by atoms with Gasteiger partial charge >= 0.3 is 5.97 Å². The number of aliphatic hydroxyl groups excluding tert-OH is 1. The average molecular weight is 192 g/mol. The lowest BCUT2D eigenvalue weighted by atomic mass is 10.1. The van der Waals surface area contributed by atoms with E-state index in [9.17, 15) is 9.90 Å². The van der Waals surface area contributed by atoms with Crippen molar-refractivity contribution in [1.82, 2.24) is 0 Å². The third-order valence-electron chi connectivity index (χ3n) is 2.35. The number of hydrogen-bond donors (Lipinski definition) is 1. The van der Waals surface area contributed by atoms with Crippen molar-refractivity contribution in [3.05, 3.63) is 35.9 Å². The fourth-order valence-corrected chi connectivity index (χ4v) is 1.64. The van der Waals surface area contributed by atoms with Crippen molar-refractivity contribution in [2.24, 2.45) is 0 Å². The molecule has 0 bridgehead atoms. The lowest BCUT2D eigenvalue weighted by Gasteiger charge is -2.07. The molecule has 1 fully saturated rings. The Balaban J connectivity index is 1.97. The summed E-state index contributed by atoms with van der Waals surface area (Å²) in [5.74, 6) is -0.495. The first-order valence-electron chi connectivity index (χ1n) is 4.68. The van der Waals surface area contributed by atoms with Crippen LogP contribution in [0.4, 0.5) is 0 Å². The molecule has 3 heteroatoms. The van der Waals surface area contributed by atoms with Gasteiger partial charge in [0.15, 0.2) is 6.10 Å². The van der Waals surface area contributed by atoms with Crippen LogP contribution in [0.15, 0.2) is 30.3 Å². The number of ether oxygens (including phenoxy) is 1. The van der Waals surface area contributed by atoms with Crippen molar-refractivity contribution >= 4 is 5.97 Å². The summed E-state index contributed by atoms with van der Waals surface area (Å²) in [6.45, 7) is 0. The van der Waals surface area contributed by atoms with Crippen molar-refractivity contribution in [2.75, 3.05) is 0 Å². The molecule has 2 rings (SSSR count). The Morgan fingerprint density at radius 1 is 1.36 bits per heavy atom. The Kier molecular flexibility index (Phi) is 2.50. The quantitative estimate of drug-likeness (QED) is 0.708. The summed E-state index contributed by atoms with van der Waals surface area (Å²) in [5, 5.41) is 9.17. The van der Waals surface area contributed by atoms with E-state index in [4.69, 9.17) is 4.74 Å². The predicted octanol–water partition coefficient (Wildman–Crippen LogP) is 0.905. The molecule has 1 aliphatic rings. The van der Waals surface area contributed by atoms with E-state index in [-0.39, 0.29) is 6.10 Å². The van der Waals surface area contributed by atoms with Crippen LogP contribution in [0.3, 0.4) is 0 Å². The molecule has 1 aromatic carbocycles. The number of carbonyl (C=O) groups excluding carboxylic acids is 1. The largest absolute Gasteiger partial charge is 0.460 e. The van der Waals surface area contributed by atoms with E-state index in [1.165, 1.54) is 0 Å². The molecule has 1 heterocycles. The highest BCUT2D eigenvalue weighted by atomic mass is 16.6. The molecule has 0 aliphatic carbocycles. The highest BCUT2D eigenvalue weighted by Crippen LogP contribution is 2.18. The van der Waals surface area contributed by atoms with E-state index in [0.29, 0.717) is 12.8 Å². The highest BCUT2D eigenvalue weighted by molar-refractivity contribution is 5.76. The number of cyclic esters (lactones) is 1. The zero-order valence-corrected chi connectivity index (χ0v) is 7.72. The molecular formula is C11H12O3. The molecule has 1 N–H and O–H groups in total. The van der Waals surface area contributed by atoms with Gasteiger partial charge in [-0.1, -0.05) is 30.3 Å². The second-order valence-electron chi connectivity index (χ2n) is 3.50. The van der Waals surface area contributed by atoms with E-state index in [0.717, 1.165) is 5.56 Å². The van der Waals surface area contributed by atoms with Gasteiger partial charge in [-0.15, -0.1) is 0 Å². The maximum absolute atomic E-state index is 10.9. The number of rotatable bonds is 2. The van der Waals surface area contributed by atoms with Crippen LogP contribution in [-0.2, 0) is 16.0 Å². The summed E-state index contributed by atoms with van der Waals surface area (Å²) in [4.78, 5) is 10.9. The molecule has 0 spiro atoms. The van der Waals surface area contributed by atoms with Gasteiger partial charge in [0, 0.05) is 12.8 Å². The zero-order valence-electron chi connectivity index (χ0n) is 7.72. The molecule has 0 unspecified atom stereocenters. The van der Waals surface area contributed by atoms with E-state index in [1.807, 2.05) is 30.3 Å². The number of benzene rings is 1. The molecular weight excluding hydrogens is 180 g/mol. The van der Waals surface area contributed by atoms with Gasteiger partial charge in [0.05, 0.1) is 0 Å². The minimum Gasteiger partial charge on any atom is -0.460 e. The summed E-state index contributed by atoms with van der Waals surface area (Å²) in [5.41, 5.74) is 1.12. The molecule has 3 nitrogen and oxygen atoms in total. The van der Waals surface area contributed by atoms with E-state index in [2.05, 4.69) is 0 Å². The molecule has 74 valence electrons. The van der Waals surface area contributed by atoms with E-state index < -0.39 is 12.1 Å². The van der Waals surface area contributed by atoms with Gasteiger partial charge in [0.2, 0.25) is 0 Å². The van der Waals surface area contributed by atoms with Crippen LogP contribution in [0, 0.1) is 0 Å². The topological polar surface area (TPSA) is 46.5 Å². The second kappa shape index (κ2) is 3.80. The standard InChI is InChI=1S/C11H12O3/c12-10-7-9(14-11(10)13)6-8-4-2-1-3-5-8/h1-5,9-10,12H,6-7H2/t9-,10+/m0/s1. The molecule has 14 heavy (non-hydrogen) atoms. The van der Waals surface area contributed by atoms with Crippen molar-refractivity contribution in [2.45, 2.75) is 25.0 Å². The van der Waals surface area contributed by atoms with Crippen molar-refractivity contribution in [1.29, 1.82) is 0 Å². The van der Waals surface area contributed by atoms with E-state index >= 15 is 0 Å². The Morgan fingerprint density at radius 3 is 2.64 bits per heavy atom. The maximum Gasteiger partial charge on any atom is 0.335 e. The second-order valence-corrected chi connectivity index (χ2v) is 3.50. The van der Waals surface area contributed by atoms with Crippen LogP contribution in [0.1, 0.15) is 12.0 Å². The van der Waals surface area contributed by atoms with Gasteiger partial charge in [-0.05, 0) is 5.56 Å². The fraction of sp³-hybridized carbons (Fsp3) is 0.364. The Labute approximate surface area is 82.3 Å². The van der Waals surface area contributed by atoms with Crippen molar-refractivity contribution in [3.63, 3.8) is 0 Å². The maximum atomic E-state index is 10.9. The summed E-state index contributed by atoms with van der Waals surface area (Å²) >= 11 is 0. The van der Waals surface area contributed by atoms with Crippen LogP contribution in [-0.4, -0.2) is 23.3 Å². The third-order valence-corrected chi connectivity index (χ3v) is 2.35. The third kappa shape index (κ3) is 1.93. The van der Waals surface area contributed by atoms with Gasteiger partial charge in [-0.25, -0.2) is 4.79 Å². The van der Waals surface area contributed by atoms with Gasteiger partial charge in [-0.2, -0.15) is 0 Å². The average Bonchev–Trinajstić information content (AvgIpc) is 2.47. The van der Waals surface area contributed by atoms with Gasteiger partial charge in [0.1, 0.15) is 6.10 Å². The first-order chi connectivity index (χ1) is 6.75. The van der Waals surface area contributed by atoms with Gasteiger partial charge in [-0.3, -0.25) is 0 Å². The molecule has 0 radical (unpaired) electrons. The smallest absolute Gasteiger partial charge is 0.335 e. The predicted molar refractivity (Wildman–Crippen MR) is 50.6 cm³/mol. The molecule has 0 aromatic heterocycles. The molecule has 0 amide bonds. The Morgan fingerprint density at radius 2 is 2.07 bits per heavy atom. The van der Waals surface area contributed by atoms with Crippen LogP contribution in [0.25, 0.3) is 0 Å². The normalized spacial score (nSPS) is 26.2. The minimum atomic E-state index is -0.927. The van der Waals surface area contributed by atoms with Crippen LogP contribution < -0.4 is 0 Å². The first kappa shape index (κ1) is 9.21. The molecule has 1 saturated heterocycles. The van der Waals surface area contributed by atoms with E-state index in [1.54, 1.807) is 0 Å². The summed E-state index contributed by atoms with van der Waals surface area (Å²) in [6, 6.07) is 9.81. The lowest BCUT2D eigenvalue weighted by Crippen LogP contribution is -2.11. The zero-order chi connectivity index (χ0) is 9.97. The monoisotopic (exact) mass is 192 g/mol. The SMILES string of the molecule is O=C1O[C@@H](Cc2ccccc2)C[C@H]1O. The highest BCUT2D eigenvalue weighted by Gasteiger charge is 2.32. The lowest BCUT2D eigenvalue weighted by molar-refractivity contribution is -0.147. The first-order valence-corrected chi connectivity index (χ1v) is 4.68. The number of carbonyl (C=O) groups is 1. The summed E-state index contributed by atoms with van der Waals surface area (Å²) < 4.78 is 4.99. The molecule has 2 atom stereocenters. The Hall–Kier alpha value is -1.35. The van der Waals surface area contributed by atoms with Gasteiger partial charge < -0.3 is 9.84 Å². The fourth-order valence-electron chi connectivity index (χ4n) is 1.64. The number of esters is 1.